The summed E-state index contributed by atoms with van der Waals surface area (Å²) in [4.78, 5) is 7.65. The number of hydrogen-bond donors (Lipinski definition) is 1. The first-order chi connectivity index (χ1) is 3.68. The van der Waals surface area contributed by atoms with Crippen LogP contribution in [0.3, 0.4) is 0 Å². The molecule has 0 saturated heterocycles. The lowest BCUT2D eigenvalue weighted by molar-refractivity contribution is 0.343. The van der Waals surface area contributed by atoms with E-state index < -0.39 is 8.25 Å². The lowest BCUT2D eigenvalue weighted by Gasteiger charge is -1.55. The van der Waals surface area contributed by atoms with Crippen LogP contribution >= 0.6 is 8.25 Å². The molecule has 0 rings (SSSR count). The normalized spacial score (nSPS) is 9.25. The third-order valence-electron chi connectivity index (χ3n) is 0.156. The van der Waals surface area contributed by atoms with E-state index in [1.54, 1.807) is 0 Å². The van der Waals surface area contributed by atoms with E-state index in [1.807, 2.05) is 0 Å². The Hall–Kier alpha value is 0.0200. The maximum Gasteiger partial charge on any atom is 0.694 e. The molecule has 0 aromatic heterocycles. The van der Waals surface area contributed by atoms with Crippen LogP contribution < -0.4 is 0 Å². The Labute approximate surface area is 50.6 Å². The van der Waals surface area contributed by atoms with Crippen LogP contribution in [0, 0.1) is 0 Å². The fourth-order valence-corrected chi connectivity index (χ4v) is 0. The van der Waals surface area contributed by atoms with Gasteiger partial charge in [0.25, 0.3) is 0 Å². The van der Waals surface area contributed by atoms with Crippen LogP contribution in [0.1, 0.15) is 20.3 Å². The van der Waals surface area contributed by atoms with E-state index in [1.165, 1.54) is 13.5 Å². The molecule has 0 aliphatic rings. The van der Waals surface area contributed by atoms with Crippen LogP contribution in [-0.4, -0.2) is 12.0 Å². The third kappa shape index (κ3) is 37.2. The fraction of sp³-hybridized carbons (Fsp3) is 1.00. The van der Waals surface area contributed by atoms with Crippen LogP contribution in [0.2, 0.25) is 0 Å². The van der Waals surface area contributed by atoms with Gasteiger partial charge in [0.2, 0.25) is 0 Å². The van der Waals surface area contributed by atoms with Gasteiger partial charge in [0.05, 0.1) is 7.11 Å². The van der Waals surface area contributed by atoms with Crippen molar-refractivity contribution >= 4 is 8.25 Å². The van der Waals surface area contributed by atoms with Crippen LogP contribution in [0.25, 0.3) is 0 Å². The van der Waals surface area contributed by atoms with E-state index in [0.717, 1.165) is 0 Å². The number of hydrogen-bond acceptors (Lipinski definition) is 2. The van der Waals surface area contributed by atoms with Gasteiger partial charge in [-0.3, -0.25) is 0 Å². The Morgan fingerprint density at radius 2 is 1.75 bits per heavy atom. The van der Waals surface area contributed by atoms with Crippen molar-refractivity contribution in [1.29, 1.82) is 0 Å². The van der Waals surface area contributed by atoms with Crippen molar-refractivity contribution in [3.05, 3.63) is 0 Å². The van der Waals surface area contributed by atoms with Crippen molar-refractivity contribution in [3.8, 4) is 0 Å². The first-order valence-corrected chi connectivity index (χ1v) is 3.52. The van der Waals surface area contributed by atoms with E-state index in [2.05, 4.69) is 18.4 Å². The average molecular weight is 139 g/mol. The lowest BCUT2D eigenvalue weighted by Crippen LogP contribution is -1.57. The summed E-state index contributed by atoms with van der Waals surface area (Å²) in [5.41, 5.74) is 0. The number of rotatable bonds is 1. The second kappa shape index (κ2) is 10.1. The summed E-state index contributed by atoms with van der Waals surface area (Å²) in [6, 6.07) is 0. The smallest absolute Gasteiger partial charge is 0.133 e. The molecule has 8 heavy (non-hydrogen) atoms. The highest BCUT2D eigenvalue weighted by Gasteiger charge is 2.02. The molecule has 0 heterocycles. The highest BCUT2D eigenvalue weighted by molar-refractivity contribution is 7.32. The van der Waals surface area contributed by atoms with E-state index in [9.17, 15) is 4.57 Å². The van der Waals surface area contributed by atoms with Gasteiger partial charge in [-0.05, 0) is 0 Å². The summed E-state index contributed by atoms with van der Waals surface area (Å²) < 4.78 is 13.1. The maximum atomic E-state index is 9.29. The van der Waals surface area contributed by atoms with Crippen molar-refractivity contribution in [2.24, 2.45) is 0 Å². The van der Waals surface area contributed by atoms with E-state index >= 15 is 0 Å². The predicted octanol–water partition coefficient (Wildman–Crippen LogP) is 1.70. The molecular weight excluding hydrogens is 127 g/mol. The summed E-state index contributed by atoms with van der Waals surface area (Å²) in [6.45, 7) is 4.25. The van der Waals surface area contributed by atoms with Gasteiger partial charge >= 0.3 is 8.25 Å². The topological polar surface area (TPSA) is 46.5 Å². The molecule has 1 N–H and O–H groups in total. The van der Waals surface area contributed by atoms with Gasteiger partial charge in [0, 0.05) is 4.57 Å². The molecule has 3 nitrogen and oxygen atoms in total. The quantitative estimate of drug-likeness (QED) is 0.562. The molecule has 0 fully saturated rings. The van der Waals surface area contributed by atoms with Crippen LogP contribution in [-0.2, 0) is 9.09 Å². The first kappa shape index (κ1) is 10.9. The Morgan fingerprint density at radius 3 is 1.75 bits per heavy atom. The van der Waals surface area contributed by atoms with Gasteiger partial charge in [-0.2, -0.15) is 0 Å². The monoisotopic (exact) mass is 139 g/mol. The molecule has 50 valence electrons. The zero-order valence-corrected chi connectivity index (χ0v) is 6.31. The third-order valence-corrected chi connectivity index (χ3v) is 0.469. The Bertz CT molecular complexity index is 55.2. The summed E-state index contributed by atoms with van der Waals surface area (Å²) in [6.07, 6.45) is 1.25. The van der Waals surface area contributed by atoms with E-state index in [4.69, 9.17) is 4.89 Å². The lowest BCUT2D eigenvalue weighted by atomic mass is 10.6. The van der Waals surface area contributed by atoms with Gasteiger partial charge < -0.3 is 0 Å². The molecule has 0 bridgehead atoms. The second-order valence-corrected chi connectivity index (χ2v) is 1.97. The Kier molecular flexibility index (Phi) is 13.8. The Morgan fingerprint density at radius 1 is 1.62 bits per heavy atom. The molecular formula is C4H12O3P+. The SMILES string of the molecule is CCC.CO[P+](=O)O. The highest BCUT2D eigenvalue weighted by Crippen LogP contribution is 2.09. The Balaban J connectivity index is 0. The van der Waals surface area contributed by atoms with E-state index in [0.29, 0.717) is 0 Å². The largest absolute Gasteiger partial charge is 0.694 e. The molecule has 0 aromatic carbocycles. The average Bonchev–Trinajstić information content (AvgIpc) is 1.69. The molecule has 1 atom stereocenters. The van der Waals surface area contributed by atoms with E-state index in [-0.39, 0.29) is 0 Å². The molecule has 0 aliphatic carbocycles. The first-order valence-electron chi connectivity index (χ1n) is 2.39. The molecule has 0 aromatic rings. The summed E-state index contributed by atoms with van der Waals surface area (Å²) >= 11 is 0. The van der Waals surface area contributed by atoms with Crippen molar-refractivity contribution < 1.29 is 14.0 Å². The standard InChI is InChI=1S/C3H8.CH3O3P/c1-3-2;1-4-5(2)3/h3H2,1-2H3;1H3/p+1. The zero-order chi connectivity index (χ0) is 6.99. The van der Waals surface area contributed by atoms with Gasteiger partial charge in [-0.25, -0.2) is 0 Å². The minimum Gasteiger partial charge on any atom is -0.133 e. The molecule has 0 amide bonds. The molecule has 0 saturated carbocycles. The van der Waals surface area contributed by atoms with Crippen molar-refractivity contribution in [1.82, 2.24) is 0 Å². The zero-order valence-electron chi connectivity index (χ0n) is 5.42. The van der Waals surface area contributed by atoms with Gasteiger partial charge in [0.15, 0.2) is 0 Å². The minimum absolute atomic E-state index is 1.17. The molecule has 0 spiro atoms. The highest BCUT2D eigenvalue weighted by atomic mass is 31.1. The molecule has 0 aliphatic heterocycles. The molecule has 0 radical (unpaired) electrons. The van der Waals surface area contributed by atoms with Crippen LogP contribution in [0.4, 0.5) is 0 Å². The minimum atomic E-state index is -2.35. The van der Waals surface area contributed by atoms with Crippen molar-refractivity contribution in [2.45, 2.75) is 20.3 Å². The van der Waals surface area contributed by atoms with Gasteiger partial charge in [-0.15, -0.1) is 9.42 Å². The van der Waals surface area contributed by atoms with Crippen LogP contribution in [0.15, 0.2) is 0 Å². The van der Waals surface area contributed by atoms with Gasteiger partial charge in [-0.1, -0.05) is 20.3 Å². The van der Waals surface area contributed by atoms with Crippen molar-refractivity contribution in [2.75, 3.05) is 7.11 Å². The van der Waals surface area contributed by atoms with Crippen molar-refractivity contribution in [3.63, 3.8) is 0 Å². The summed E-state index contributed by atoms with van der Waals surface area (Å²) in [5, 5.41) is 0. The molecule has 1 unspecified atom stereocenters. The summed E-state index contributed by atoms with van der Waals surface area (Å²) in [7, 11) is -1.18. The van der Waals surface area contributed by atoms with Gasteiger partial charge in [0.1, 0.15) is 0 Å². The summed E-state index contributed by atoms with van der Waals surface area (Å²) in [5.74, 6) is 0. The molecule has 4 heteroatoms. The maximum absolute atomic E-state index is 9.29. The predicted molar refractivity (Wildman–Crippen MR) is 32.8 cm³/mol. The fourth-order valence-electron chi connectivity index (χ4n) is 0. The second-order valence-electron chi connectivity index (χ2n) is 1.13. The van der Waals surface area contributed by atoms with Crippen LogP contribution in [0.5, 0.6) is 0 Å².